The second kappa shape index (κ2) is 6.60. The van der Waals surface area contributed by atoms with Crippen LogP contribution in [0.25, 0.3) is 0 Å². The fraction of sp³-hybridized carbons (Fsp3) is 0.312. The van der Waals surface area contributed by atoms with Gasteiger partial charge in [0.15, 0.2) is 5.82 Å². The number of nitrogens with one attached hydrogen (secondary N) is 1. The van der Waals surface area contributed by atoms with E-state index in [0.717, 1.165) is 11.5 Å². The summed E-state index contributed by atoms with van der Waals surface area (Å²) in [6.07, 6.45) is 0. The molecule has 1 aliphatic rings. The van der Waals surface area contributed by atoms with E-state index in [1.165, 1.54) is 12.1 Å². The number of urea groups is 1. The van der Waals surface area contributed by atoms with E-state index < -0.39 is 0 Å². The number of aromatic nitrogens is 2. The largest absolute Gasteiger partial charge is 0.352 e. The van der Waals surface area contributed by atoms with Crippen LogP contribution in [0.5, 0.6) is 0 Å². The first-order valence-electron chi connectivity index (χ1n) is 7.48. The van der Waals surface area contributed by atoms with Crippen LogP contribution in [0, 0.1) is 12.7 Å². The number of carbonyl (C=O) groups excluding carboxylic acids is 1. The Bertz CT molecular complexity index is 683. The molecule has 3 rings (SSSR count). The monoisotopic (exact) mass is 315 g/mol. The first kappa shape index (κ1) is 15.2. The highest BCUT2D eigenvalue weighted by Gasteiger charge is 2.22. The van der Waals surface area contributed by atoms with Gasteiger partial charge < -0.3 is 15.1 Å². The van der Waals surface area contributed by atoms with Crippen LogP contribution in [0.4, 0.5) is 20.7 Å². The molecule has 0 bridgehead atoms. The molecule has 6 nitrogen and oxygen atoms in total. The first-order valence-corrected chi connectivity index (χ1v) is 7.48. The van der Waals surface area contributed by atoms with Crippen LogP contribution in [-0.2, 0) is 0 Å². The highest BCUT2D eigenvalue weighted by atomic mass is 19.1. The van der Waals surface area contributed by atoms with Gasteiger partial charge in [-0.1, -0.05) is 6.07 Å². The molecule has 2 heterocycles. The fourth-order valence-electron chi connectivity index (χ4n) is 2.47. The lowest BCUT2D eigenvalue weighted by molar-refractivity contribution is 0.208. The summed E-state index contributed by atoms with van der Waals surface area (Å²) in [6.45, 7) is 4.43. The minimum absolute atomic E-state index is 0.217. The Hall–Kier alpha value is -2.70. The number of anilines is 2. The minimum Gasteiger partial charge on any atom is -0.352 e. The van der Waals surface area contributed by atoms with Crippen molar-refractivity contribution in [1.82, 2.24) is 15.1 Å². The predicted molar refractivity (Wildman–Crippen MR) is 86.0 cm³/mol. The van der Waals surface area contributed by atoms with Crippen LogP contribution in [-0.4, -0.2) is 47.3 Å². The molecule has 23 heavy (non-hydrogen) atoms. The quantitative estimate of drug-likeness (QED) is 0.923. The molecule has 2 amide bonds. The van der Waals surface area contributed by atoms with E-state index in [0.29, 0.717) is 31.9 Å². The van der Waals surface area contributed by atoms with Crippen molar-refractivity contribution in [3.8, 4) is 0 Å². The van der Waals surface area contributed by atoms with Crippen molar-refractivity contribution in [1.29, 1.82) is 0 Å². The van der Waals surface area contributed by atoms with Gasteiger partial charge >= 0.3 is 6.03 Å². The van der Waals surface area contributed by atoms with Crippen LogP contribution >= 0.6 is 0 Å². The number of aryl methyl sites for hydroxylation is 1. The third-order valence-corrected chi connectivity index (χ3v) is 3.75. The van der Waals surface area contributed by atoms with E-state index in [4.69, 9.17) is 0 Å². The lowest BCUT2D eigenvalue weighted by Gasteiger charge is -2.35. The smallest absolute Gasteiger partial charge is 0.321 e. The number of halogens is 1. The lowest BCUT2D eigenvalue weighted by atomic mass is 10.3. The number of nitrogens with zero attached hydrogens (tertiary/aromatic N) is 4. The topological polar surface area (TPSA) is 61.4 Å². The van der Waals surface area contributed by atoms with Crippen molar-refractivity contribution in [2.45, 2.75) is 6.92 Å². The van der Waals surface area contributed by atoms with Crippen molar-refractivity contribution in [2.24, 2.45) is 0 Å². The second-order valence-corrected chi connectivity index (χ2v) is 5.45. The highest BCUT2D eigenvalue weighted by Crippen LogP contribution is 2.14. The Balaban J connectivity index is 1.56. The van der Waals surface area contributed by atoms with Gasteiger partial charge in [0.1, 0.15) is 5.82 Å². The normalized spacial score (nSPS) is 14.7. The van der Waals surface area contributed by atoms with E-state index in [9.17, 15) is 9.18 Å². The van der Waals surface area contributed by atoms with Crippen LogP contribution in [0.15, 0.2) is 36.4 Å². The Morgan fingerprint density at radius 3 is 2.57 bits per heavy atom. The highest BCUT2D eigenvalue weighted by molar-refractivity contribution is 5.89. The third-order valence-electron chi connectivity index (χ3n) is 3.75. The van der Waals surface area contributed by atoms with Crippen molar-refractivity contribution < 1.29 is 9.18 Å². The summed E-state index contributed by atoms with van der Waals surface area (Å²) in [5.74, 6) is 0.450. The molecule has 0 spiro atoms. The lowest BCUT2D eigenvalue weighted by Crippen LogP contribution is -2.50. The van der Waals surface area contributed by atoms with Crippen molar-refractivity contribution >= 4 is 17.5 Å². The molecule has 1 aliphatic heterocycles. The molecule has 1 fully saturated rings. The van der Waals surface area contributed by atoms with Crippen molar-refractivity contribution in [3.63, 3.8) is 0 Å². The van der Waals surface area contributed by atoms with E-state index in [1.54, 1.807) is 17.0 Å². The molecular formula is C16H18FN5O. The van der Waals surface area contributed by atoms with Gasteiger partial charge in [0.25, 0.3) is 0 Å². The maximum absolute atomic E-state index is 13.1. The third kappa shape index (κ3) is 3.74. The summed E-state index contributed by atoms with van der Waals surface area (Å²) in [4.78, 5) is 16.0. The van der Waals surface area contributed by atoms with Gasteiger partial charge in [0, 0.05) is 31.9 Å². The number of hydrogen-bond acceptors (Lipinski definition) is 4. The summed E-state index contributed by atoms with van der Waals surface area (Å²) >= 11 is 0. The summed E-state index contributed by atoms with van der Waals surface area (Å²) in [5, 5.41) is 10.9. The average molecular weight is 315 g/mol. The molecule has 0 saturated carbocycles. The predicted octanol–water partition coefficient (Wildman–Crippen LogP) is 2.28. The molecule has 1 saturated heterocycles. The summed E-state index contributed by atoms with van der Waals surface area (Å²) in [6, 6.07) is 9.52. The molecule has 1 N–H and O–H groups in total. The van der Waals surface area contributed by atoms with Gasteiger partial charge in [-0.3, -0.25) is 0 Å². The Morgan fingerprint density at radius 1 is 1.13 bits per heavy atom. The molecule has 2 aromatic rings. The van der Waals surface area contributed by atoms with E-state index in [1.807, 2.05) is 19.1 Å². The zero-order chi connectivity index (χ0) is 16.2. The molecule has 0 radical (unpaired) electrons. The van der Waals surface area contributed by atoms with Gasteiger partial charge in [-0.2, -0.15) is 5.10 Å². The van der Waals surface area contributed by atoms with Gasteiger partial charge in [-0.15, -0.1) is 5.10 Å². The van der Waals surface area contributed by atoms with Crippen LogP contribution in [0.2, 0.25) is 0 Å². The zero-order valence-corrected chi connectivity index (χ0v) is 12.9. The van der Waals surface area contributed by atoms with Gasteiger partial charge in [0.05, 0.1) is 5.69 Å². The minimum atomic E-state index is -0.370. The number of amides is 2. The number of carbonyl (C=O) groups is 1. The Labute approximate surface area is 133 Å². The van der Waals surface area contributed by atoms with Crippen molar-refractivity contribution in [3.05, 3.63) is 47.9 Å². The second-order valence-electron chi connectivity index (χ2n) is 5.45. The van der Waals surface area contributed by atoms with E-state index >= 15 is 0 Å². The number of benzene rings is 1. The zero-order valence-electron chi connectivity index (χ0n) is 12.9. The fourth-order valence-corrected chi connectivity index (χ4v) is 2.47. The first-order chi connectivity index (χ1) is 11.1. The standard InChI is InChI=1S/C16H18FN5O/c1-12-5-6-15(20-19-12)21-7-9-22(10-8-21)16(23)18-14-4-2-3-13(17)11-14/h2-6,11H,7-10H2,1H3,(H,18,23). The number of rotatable bonds is 2. The maximum Gasteiger partial charge on any atom is 0.321 e. The Morgan fingerprint density at radius 2 is 1.91 bits per heavy atom. The van der Waals surface area contributed by atoms with Gasteiger partial charge in [-0.25, -0.2) is 9.18 Å². The molecule has 0 atom stereocenters. The number of hydrogen-bond donors (Lipinski definition) is 1. The molecule has 1 aromatic heterocycles. The summed E-state index contributed by atoms with van der Waals surface area (Å²) in [5.41, 5.74) is 1.34. The van der Waals surface area contributed by atoms with Crippen LogP contribution in [0.3, 0.4) is 0 Å². The summed E-state index contributed by atoms with van der Waals surface area (Å²) in [7, 11) is 0. The van der Waals surface area contributed by atoms with Gasteiger partial charge in [0.2, 0.25) is 0 Å². The van der Waals surface area contributed by atoms with Crippen molar-refractivity contribution in [2.75, 3.05) is 36.4 Å². The van der Waals surface area contributed by atoms with Gasteiger partial charge in [-0.05, 0) is 37.3 Å². The van der Waals surface area contributed by atoms with E-state index in [-0.39, 0.29) is 11.8 Å². The van der Waals surface area contributed by atoms with Crippen LogP contribution in [0.1, 0.15) is 5.69 Å². The maximum atomic E-state index is 13.1. The molecule has 7 heteroatoms. The Kier molecular flexibility index (Phi) is 4.36. The summed E-state index contributed by atoms with van der Waals surface area (Å²) < 4.78 is 13.1. The molecule has 0 unspecified atom stereocenters. The SMILES string of the molecule is Cc1ccc(N2CCN(C(=O)Nc3cccc(F)c3)CC2)nn1. The molecule has 1 aromatic carbocycles. The average Bonchev–Trinajstić information content (AvgIpc) is 2.56. The molecule has 120 valence electrons. The van der Waals surface area contributed by atoms with E-state index in [2.05, 4.69) is 20.4 Å². The number of piperazine rings is 1. The molecule has 0 aliphatic carbocycles. The van der Waals surface area contributed by atoms with Crippen LogP contribution < -0.4 is 10.2 Å². The molecular weight excluding hydrogens is 297 g/mol.